The van der Waals surface area contributed by atoms with Gasteiger partial charge in [0.25, 0.3) is 0 Å². The molecule has 0 saturated carbocycles. The first kappa shape index (κ1) is 27.9. The Morgan fingerprint density at radius 1 is 0.930 bits per heavy atom. The topological polar surface area (TPSA) is 99.8 Å². The Labute approximate surface area is 245 Å². The second-order valence-electron chi connectivity index (χ2n) is 10.3. The third kappa shape index (κ3) is 6.48. The predicted octanol–water partition coefficient (Wildman–Crippen LogP) is 7.31. The average molecular weight is 582 g/mol. The lowest BCUT2D eigenvalue weighted by Crippen LogP contribution is -2.35. The Bertz CT molecular complexity index is 1780. The minimum atomic E-state index is -4.70. The van der Waals surface area contributed by atoms with Crippen molar-refractivity contribution in [3.05, 3.63) is 102 Å². The van der Waals surface area contributed by atoms with Crippen molar-refractivity contribution >= 4 is 28.5 Å². The zero-order valence-electron chi connectivity index (χ0n) is 22.9. The van der Waals surface area contributed by atoms with Crippen molar-refractivity contribution in [2.24, 2.45) is 5.92 Å². The standard InChI is InChI=1S/C32H26F3N7O/c33-32(34,35)26-19-25(12-11-24(26)20-36)38-29-39-30(42-16-13-22(14-17-42)18-21-6-2-1-3-7-21)41-31(40-29)43-27-10-4-8-23-9-5-15-37-28(23)27/h1-12,15,19,22H,13-14,16-18H2,(H,38,39,40,41). The molecule has 0 aliphatic carbocycles. The second-order valence-corrected chi connectivity index (χ2v) is 10.3. The molecular formula is C32H26F3N7O. The van der Waals surface area contributed by atoms with Gasteiger partial charge in [0.05, 0.1) is 17.2 Å². The van der Waals surface area contributed by atoms with Crippen molar-refractivity contribution < 1.29 is 17.9 Å². The number of nitriles is 1. The highest BCUT2D eigenvalue weighted by Gasteiger charge is 2.34. The third-order valence-corrected chi connectivity index (χ3v) is 7.37. The summed E-state index contributed by atoms with van der Waals surface area (Å²) in [7, 11) is 0. The Hall–Kier alpha value is -5.24. The molecule has 11 heteroatoms. The van der Waals surface area contributed by atoms with Crippen LogP contribution < -0.4 is 15.0 Å². The van der Waals surface area contributed by atoms with Crippen LogP contribution in [-0.2, 0) is 12.6 Å². The molecule has 8 nitrogen and oxygen atoms in total. The summed E-state index contributed by atoms with van der Waals surface area (Å²) in [4.78, 5) is 20.0. The molecule has 0 bridgehead atoms. The summed E-state index contributed by atoms with van der Waals surface area (Å²) >= 11 is 0. The fourth-order valence-electron chi connectivity index (χ4n) is 5.21. The van der Waals surface area contributed by atoms with Gasteiger partial charge in [0.15, 0.2) is 5.75 Å². The summed E-state index contributed by atoms with van der Waals surface area (Å²) in [5, 5.41) is 12.9. The zero-order chi connectivity index (χ0) is 29.8. The van der Waals surface area contributed by atoms with E-state index in [0.717, 1.165) is 36.8 Å². The van der Waals surface area contributed by atoms with Crippen molar-refractivity contribution in [3.8, 4) is 17.8 Å². The van der Waals surface area contributed by atoms with Crippen LogP contribution in [0.15, 0.2) is 85.1 Å². The number of anilines is 3. The molecule has 1 aliphatic heterocycles. The van der Waals surface area contributed by atoms with Crippen LogP contribution in [-0.4, -0.2) is 33.0 Å². The number of halogens is 3. The SMILES string of the molecule is N#Cc1ccc(Nc2nc(Oc3cccc4cccnc34)nc(N3CCC(Cc4ccccc4)CC3)n2)cc1C(F)(F)F. The highest BCUT2D eigenvalue weighted by molar-refractivity contribution is 5.84. The Balaban J connectivity index is 1.30. The number of nitrogens with zero attached hydrogens (tertiary/aromatic N) is 6. The lowest BCUT2D eigenvalue weighted by atomic mass is 9.90. The number of para-hydroxylation sites is 1. The van der Waals surface area contributed by atoms with Gasteiger partial charge in [0.2, 0.25) is 11.9 Å². The van der Waals surface area contributed by atoms with Crippen LogP contribution in [0.3, 0.4) is 0 Å². The molecule has 1 aliphatic rings. The van der Waals surface area contributed by atoms with E-state index in [2.05, 4.69) is 37.4 Å². The minimum Gasteiger partial charge on any atom is -0.422 e. The molecule has 1 N–H and O–H groups in total. The molecule has 216 valence electrons. The molecule has 0 atom stereocenters. The quantitative estimate of drug-likeness (QED) is 0.214. The number of alkyl halides is 3. The van der Waals surface area contributed by atoms with Gasteiger partial charge >= 0.3 is 12.2 Å². The van der Waals surface area contributed by atoms with Gasteiger partial charge < -0.3 is 15.0 Å². The number of rotatable bonds is 7. The Morgan fingerprint density at radius 2 is 1.72 bits per heavy atom. The highest BCUT2D eigenvalue weighted by atomic mass is 19.4. The first-order chi connectivity index (χ1) is 20.9. The van der Waals surface area contributed by atoms with Crippen molar-refractivity contribution in [1.82, 2.24) is 19.9 Å². The summed E-state index contributed by atoms with van der Waals surface area (Å²) in [6, 6.07) is 24.5. The van der Waals surface area contributed by atoms with Crippen molar-refractivity contribution in [2.45, 2.75) is 25.4 Å². The number of hydrogen-bond donors (Lipinski definition) is 1. The van der Waals surface area contributed by atoms with Crippen molar-refractivity contribution in [3.63, 3.8) is 0 Å². The second kappa shape index (κ2) is 11.9. The summed E-state index contributed by atoms with van der Waals surface area (Å²) in [5.41, 5.74) is 0.467. The molecule has 3 heterocycles. The molecule has 43 heavy (non-hydrogen) atoms. The Morgan fingerprint density at radius 3 is 2.49 bits per heavy atom. The van der Waals surface area contributed by atoms with E-state index in [-0.39, 0.29) is 17.6 Å². The van der Waals surface area contributed by atoms with Gasteiger partial charge in [0.1, 0.15) is 5.52 Å². The maximum absolute atomic E-state index is 13.6. The molecule has 0 unspecified atom stereocenters. The molecule has 3 aromatic carbocycles. The fourth-order valence-corrected chi connectivity index (χ4v) is 5.21. The molecule has 5 aromatic rings. The Kier molecular flexibility index (Phi) is 7.75. The van der Waals surface area contributed by atoms with E-state index in [9.17, 15) is 13.2 Å². The predicted molar refractivity (Wildman–Crippen MR) is 156 cm³/mol. The van der Waals surface area contributed by atoms with Gasteiger partial charge in [-0.15, -0.1) is 0 Å². The summed E-state index contributed by atoms with van der Waals surface area (Å²) < 4.78 is 46.9. The van der Waals surface area contributed by atoms with Crippen LogP contribution in [0.5, 0.6) is 11.8 Å². The average Bonchev–Trinajstić information content (AvgIpc) is 3.01. The third-order valence-electron chi connectivity index (χ3n) is 7.37. The van der Waals surface area contributed by atoms with Gasteiger partial charge in [-0.1, -0.05) is 48.5 Å². The fraction of sp³-hybridized carbons (Fsp3) is 0.219. The highest BCUT2D eigenvalue weighted by Crippen LogP contribution is 2.35. The van der Waals surface area contributed by atoms with Crippen molar-refractivity contribution in [1.29, 1.82) is 5.26 Å². The molecule has 0 spiro atoms. The number of piperidine rings is 1. The number of fused-ring (bicyclic) bond motifs is 1. The van der Waals surface area contributed by atoms with Gasteiger partial charge in [-0.2, -0.15) is 33.4 Å². The maximum atomic E-state index is 13.6. The monoisotopic (exact) mass is 581 g/mol. The van der Waals surface area contributed by atoms with Crippen LogP contribution in [0.25, 0.3) is 10.9 Å². The lowest BCUT2D eigenvalue weighted by Gasteiger charge is -2.32. The van der Waals surface area contributed by atoms with Gasteiger partial charge in [0, 0.05) is 30.4 Å². The first-order valence-electron chi connectivity index (χ1n) is 13.8. The normalized spacial score (nSPS) is 14.0. The molecule has 1 fully saturated rings. The summed E-state index contributed by atoms with van der Waals surface area (Å²) in [6.07, 6.45) is -0.202. The van der Waals surface area contributed by atoms with Crippen LogP contribution in [0.2, 0.25) is 0 Å². The number of nitrogens with one attached hydrogen (secondary N) is 1. The largest absolute Gasteiger partial charge is 0.422 e. The van der Waals surface area contributed by atoms with E-state index in [0.29, 0.717) is 36.2 Å². The number of hydrogen-bond acceptors (Lipinski definition) is 8. The first-order valence-corrected chi connectivity index (χ1v) is 13.8. The summed E-state index contributed by atoms with van der Waals surface area (Å²) in [5.74, 6) is 1.30. The molecule has 0 radical (unpaired) electrons. The van der Waals surface area contributed by atoms with E-state index in [1.165, 1.54) is 11.6 Å². The van der Waals surface area contributed by atoms with Gasteiger partial charge in [-0.25, -0.2) is 0 Å². The van der Waals surface area contributed by atoms with E-state index in [1.807, 2.05) is 47.4 Å². The number of aromatic nitrogens is 4. The molecule has 1 saturated heterocycles. The lowest BCUT2D eigenvalue weighted by molar-refractivity contribution is -0.137. The van der Waals surface area contributed by atoms with Gasteiger partial charge in [-0.3, -0.25) is 4.98 Å². The smallest absolute Gasteiger partial charge is 0.417 e. The molecular weight excluding hydrogens is 555 g/mol. The zero-order valence-corrected chi connectivity index (χ0v) is 22.9. The van der Waals surface area contributed by atoms with Crippen molar-refractivity contribution in [2.75, 3.05) is 23.3 Å². The van der Waals surface area contributed by atoms with E-state index in [1.54, 1.807) is 18.3 Å². The van der Waals surface area contributed by atoms with E-state index in [4.69, 9.17) is 10.00 Å². The van der Waals surface area contributed by atoms with Crippen LogP contribution >= 0.6 is 0 Å². The summed E-state index contributed by atoms with van der Waals surface area (Å²) in [6.45, 7) is 1.40. The number of benzene rings is 3. The molecule has 6 rings (SSSR count). The van der Waals surface area contributed by atoms with Crippen LogP contribution in [0, 0.1) is 17.2 Å². The molecule has 0 amide bonds. The van der Waals surface area contributed by atoms with Crippen LogP contribution in [0.1, 0.15) is 29.5 Å². The van der Waals surface area contributed by atoms with E-state index < -0.39 is 17.3 Å². The number of ether oxygens (including phenoxy) is 1. The van der Waals surface area contributed by atoms with Crippen LogP contribution in [0.4, 0.5) is 30.8 Å². The number of pyridine rings is 1. The van der Waals surface area contributed by atoms with E-state index >= 15 is 0 Å². The molecule has 2 aromatic heterocycles. The minimum absolute atomic E-state index is 0.0115. The maximum Gasteiger partial charge on any atom is 0.417 e. The van der Waals surface area contributed by atoms with Gasteiger partial charge in [-0.05, 0) is 61.1 Å².